The van der Waals surface area contributed by atoms with E-state index < -0.39 is 29.4 Å². The Bertz CT molecular complexity index is 1520. The van der Waals surface area contributed by atoms with Crippen molar-refractivity contribution >= 4 is 29.3 Å². The van der Waals surface area contributed by atoms with Gasteiger partial charge in [0.05, 0.1) is 34.5 Å². The minimum atomic E-state index is -1.67. The lowest BCUT2D eigenvalue weighted by Crippen LogP contribution is -2.48. The lowest BCUT2D eigenvalue weighted by Gasteiger charge is -2.36. The van der Waals surface area contributed by atoms with Gasteiger partial charge in [-0.2, -0.15) is 0 Å². The molecule has 0 aromatic heterocycles. The number of Topliss-reactive ketones (excluding diaryl/α,β-unsaturated/α-hetero) is 2. The first-order valence-corrected chi connectivity index (χ1v) is 12.6. The molecule has 3 aromatic rings. The Morgan fingerprint density at radius 2 is 1.44 bits per heavy atom. The predicted octanol–water partition coefficient (Wildman–Crippen LogP) is 4.32. The van der Waals surface area contributed by atoms with Crippen molar-refractivity contribution in [3.05, 3.63) is 89.0 Å². The van der Waals surface area contributed by atoms with Gasteiger partial charge in [-0.15, -0.1) is 0 Å². The number of rotatable bonds is 5. The van der Waals surface area contributed by atoms with Crippen LogP contribution in [0.2, 0.25) is 0 Å². The van der Waals surface area contributed by atoms with Crippen LogP contribution in [0.5, 0.6) is 17.2 Å². The van der Waals surface area contributed by atoms with Gasteiger partial charge in [-0.05, 0) is 17.7 Å². The summed E-state index contributed by atoms with van der Waals surface area (Å²) in [5.41, 5.74) is 1.08. The fourth-order valence-electron chi connectivity index (χ4n) is 6.72. The van der Waals surface area contributed by atoms with Crippen molar-refractivity contribution in [2.75, 3.05) is 33.3 Å². The minimum absolute atomic E-state index is 0.281. The van der Waals surface area contributed by atoms with Crippen LogP contribution in [0.15, 0.2) is 66.7 Å². The fourth-order valence-corrected chi connectivity index (χ4v) is 6.72. The molecule has 8 heteroatoms. The Labute approximate surface area is 225 Å². The van der Waals surface area contributed by atoms with Gasteiger partial charge in [0.15, 0.2) is 23.1 Å². The number of ketones is 2. The van der Waals surface area contributed by atoms with E-state index in [1.807, 2.05) is 41.3 Å². The zero-order chi connectivity index (χ0) is 27.5. The number of methoxy groups -OCH3 is 4. The van der Waals surface area contributed by atoms with Gasteiger partial charge in [0.25, 0.3) is 0 Å². The van der Waals surface area contributed by atoms with Crippen molar-refractivity contribution in [1.29, 1.82) is 0 Å². The molecule has 1 spiro atoms. The maximum Gasteiger partial charge on any atom is 0.329 e. The zero-order valence-electron chi connectivity index (χ0n) is 22.0. The molecular formula is C31H27NO7. The van der Waals surface area contributed by atoms with Gasteiger partial charge in [0.2, 0.25) is 5.75 Å². The zero-order valence-corrected chi connectivity index (χ0v) is 22.0. The largest absolute Gasteiger partial charge is 0.493 e. The van der Waals surface area contributed by atoms with Crippen LogP contribution in [-0.4, -0.2) is 58.1 Å². The highest BCUT2D eigenvalue weighted by Gasteiger charge is 2.72. The molecule has 0 amide bonds. The maximum absolute atomic E-state index is 14.6. The highest BCUT2D eigenvalue weighted by Crippen LogP contribution is 2.62. The number of fused-ring (bicyclic) bond motifs is 5. The summed E-state index contributed by atoms with van der Waals surface area (Å²) < 4.78 is 22.3. The predicted molar refractivity (Wildman–Crippen MR) is 144 cm³/mol. The number of benzene rings is 3. The van der Waals surface area contributed by atoms with Crippen LogP contribution in [0.1, 0.15) is 37.8 Å². The van der Waals surface area contributed by atoms with Crippen molar-refractivity contribution in [3.63, 3.8) is 0 Å². The molecule has 3 atom stereocenters. The average Bonchev–Trinajstić information content (AvgIpc) is 3.41. The summed E-state index contributed by atoms with van der Waals surface area (Å²) in [7, 11) is 5.78. The molecule has 0 saturated carbocycles. The lowest BCUT2D eigenvalue weighted by molar-refractivity contribution is -0.142. The van der Waals surface area contributed by atoms with Gasteiger partial charge in [-0.25, -0.2) is 4.79 Å². The smallest absolute Gasteiger partial charge is 0.329 e. The molecule has 39 heavy (non-hydrogen) atoms. The van der Waals surface area contributed by atoms with Crippen LogP contribution in [0.25, 0.3) is 6.08 Å². The third-order valence-corrected chi connectivity index (χ3v) is 8.23. The van der Waals surface area contributed by atoms with Crippen molar-refractivity contribution in [2.24, 2.45) is 5.41 Å². The Morgan fingerprint density at radius 1 is 0.795 bits per heavy atom. The van der Waals surface area contributed by atoms with Crippen LogP contribution in [0, 0.1) is 5.41 Å². The average molecular weight is 526 g/mol. The molecule has 3 aliphatic rings. The third-order valence-electron chi connectivity index (χ3n) is 8.23. The maximum atomic E-state index is 14.6. The standard InChI is InChI=1S/C31H27NO7/c1-36-22-15-14-20(26(37-2)27(22)38-3)24-25(30(35)39-4)32-21-12-8-5-9-17(21)13-16-23(32)31(24)28(33)18-10-6-7-11-19(18)29(31)34/h5-16,23-25H,1-4H3/t23?,24-,25+/m0/s1. The molecule has 3 aromatic carbocycles. The highest BCUT2D eigenvalue weighted by molar-refractivity contribution is 6.32. The van der Waals surface area contributed by atoms with E-state index >= 15 is 0 Å². The van der Waals surface area contributed by atoms with E-state index in [2.05, 4.69) is 0 Å². The molecular weight excluding hydrogens is 498 g/mol. The number of ether oxygens (including phenoxy) is 4. The molecule has 1 saturated heterocycles. The normalized spacial score (nSPS) is 21.8. The van der Waals surface area contributed by atoms with Crippen LogP contribution in [0.4, 0.5) is 5.69 Å². The molecule has 0 bridgehead atoms. The number of nitrogens with zero attached hydrogens (tertiary/aromatic N) is 1. The monoisotopic (exact) mass is 525 g/mol. The summed E-state index contributed by atoms with van der Waals surface area (Å²) in [5.74, 6) is -1.23. The van der Waals surface area contributed by atoms with Gasteiger partial charge in [0, 0.05) is 28.3 Å². The van der Waals surface area contributed by atoms with Crippen molar-refractivity contribution in [3.8, 4) is 17.2 Å². The minimum Gasteiger partial charge on any atom is -0.493 e. The molecule has 8 nitrogen and oxygen atoms in total. The Hall–Kier alpha value is -4.59. The SMILES string of the molecule is COC(=O)[C@H]1[C@H](c2ccc(OC)c(OC)c2OC)C2(C(=O)c3ccccc3C2=O)C2C=Cc3ccccc3N21. The Kier molecular flexibility index (Phi) is 5.71. The van der Waals surface area contributed by atoms with Gasteiger partial charge >= 0.3 is 5.97 Å². The number of hydrogen-bond acceptors (Lipinski definition) is 8. The van der Waals surface area contributed by atoms with Gasteiger partial charge in [0.1, 0.15) is 11.5 Å². The quantitative estimate of drug-likeness (QED) is 0.359. The van der Waals surface area contributed by atoms with Gasteiger partial charge < -0.3 is 23.8 Å². The molecule has 1 aliphatic carbocycles. The summed E-state index contributed by atoms with van der Waals surface area (Å²) in [6.45, 7) is 0. The molecule has 0 radical (unpaired) electrons. The van der Waals surface area contributed by atoms with Gasteiger partial charge in [-0.3, -0.25) is 9.59 Å². The second-order valence-corrected chi connectivity index (χ2v) is 9.71. The van der Waals surface area contributed by atoms with Crippen molar-refractivity contribution in [1.82, 2.24) is 0 Å². The number of hydrogen-bond donors (Lipinski definition) is 0. The van der Waals surface area contributed by atoms with E-state index in [-0.39, 0.29) is 17.3 Å². The van der Waals surface area contributed by atoms with Crippen LogP contribution in [0.3, 0.4) is 0 Å². The second-order valence-electron chi connectivity index (χ2n) is 9.71. The Balaban J connectivity index is 1.72. The van der Waals surface area contributed by atoms with Crippen LogP contribution >= 0.6 is 0 Å². The molecule has 1 unspecified atom stereocenters. The fraction of sp³-hybridized carbons (Fsp3) is 0.258. The first-order valence-electron chi connectivity index (χ1n) is 12.6. The van der Waals surface area contributed by atoms with Crippen molar-refractivity contribution in [2.45, 2.75) is 18.0 Å². The highest BCUT2D eigenvalue weighted by atomic mass is 16.5. The summed E-state index contributed by atoms with van der Waals surface area (Å²) in [4.78, 5) is 44.8. The van der Waals surface area contributed by atoms with E-state index in [0.29, 0.717) is 28.2 Å². The molecule has 0 N–H and O–H groups in total. The van der Waals surface area contributed by atoms with E-state index in [1.165, 1.54) is 28.4 Å². The second kappa shape index (κ2) is 9.01. The summed E-state index contributed by atoms with van der Waals surface area (Å²) in [6.07, 6.45) is 3.76. The van der Waals surface area contributed by atoms with Crippen LogP contribution in [-0.2, 0) is 9.53 Å². The molecule has 2 aliphatic heterocycles. The summed E-state index contributed by atoms with van der Waals surface area (Å²) in [6, 6.07) is 16.1. The summed E-state index contributed by atoms with van der Waals surface area (Å²) >= 11 is 0. The third kappa shape index (κ3) is 3.08. The Morgan fingerprint density at radius 3 is 2.05 bits per heavy atom. The lowest BCUT2D eigenvalue weighted by atomic mass is 9.64. The van der Waals surface area contributed by atoms with E-state index in [1.54, 1.807) is 36.4 Å². The molecule has 6 rings (SSSR count). The van der Waals surface area contributed by atoms with Gasteiger partial charge in [-0.1, -0.05) is 60.7 Å². The molecule has 1 fully saturated rings. The summed E-state index contributed by atoms with van der Waals surface area (Å²) in [5, 5.41) is 0. The van der Waals surface area contributed by atoms with Crippen molar-refractivity contribution < 1.29 is 33.3 Å². The van der Waals surface area contributed by atoms with E-state index in [0.717, 1.165) is 11.3 Å². The topological polar surface area (TPSA) is 91.4 Å². The number of para-hydroxylation sites is 1. The molecule has 2 heterocycles. The number of carbonyl (C=O) groups is 3. The first-order chi connectivity index (χ1) is 18.9. The number of esters is 1. The van der Waals surface area contributed by atoms with E-state index in [4.69, 9.17) is 18.9 Å². The van der Waals surface area contributed by atoms with Crippen LogP contribution < -0.4 is 19.1 Å². The first kappa shape index (κ1) is 24.7. The number of anilines is 1. The molecule has 198 valence electrons. The number of carbonyl (C=O) groups excluding carboxylic acids is 3. The van der Waals surface area contributed by atoms with E-state index in [9.17, 15) is 14.4 Å².